The van der Waals surface area contributed by atoms with Crippen LogP contribution < -0.4 is 0 Å². The zero-order chi connectivity index (χ0) is 18.4. The Bertz CT molecular complexity index is 958. The van der Waals surface area contributed by atoms with Gasteiger partial charge in [0.1, 0.15) is 0 Å². The number of halogens is 1. The quantitative estimate of drug-likeness (QED) is 0.661. The molecule has 2 aromatic heterocycles. The van der Waals surface area contributed by atoms with Crippen LogP contribution in [0.25, 0.3) is 11.4 Å². The average molecular weight is 385 g/mol. The van der Waals surface area contributed by atoms with Crippen molar-refractivity contribution in [3.63, 3.8) is 0 Å². The van der Waals surface area contributed by atoms with Gasteiger partial charge in [-0.05, 0) is 56.8 Å². The van der Waals surface area contributed by atoms with Gasteiger partial charge >= 0.3 is 0 Å². The maximum absolute atomic E-state index is 6.06. The van der Waals surface area contributed by atoms with Crippen molar-refractivity contribution < 1.29 is 9.05 Å². The van der Waals surface area contributed by atoms with E-state index in [1.54, 1.807) is 0 Å². The summed E-state index contributed by atoms with van der Waals surface area (Å²) in [5.41, 5.74) is 2.16. The summed E-state index contributed by atoms with van der Waals surface area (Å²) in [5, 5.41) is 8.81. The Kier molecular flexibility index (Phi) is 4.06. The zero-order valence-corrected chi connectivity index (χ0v) is 15.9. The lowest BCUT2D eigenvalue weighted by atomic mass is 9.90. The molecule has 7 heteroatoms. The minimum absolute atomic E-state index is 0.325. The van der Waals surface area contributed by atoms with Gasteiger partial charge in [0.05, 0.1) is 12.2 Å². The van der Waals surface area contributed by atoms with E-state index in [9.17, 15) is 0 Å². The number of hydrogen-bond donors (Lipinski definition) is 0. The Morgan fingerprint density at radius 3 is 2.78 bits per heavy atom. The minimum Gasteiger partial charge on any atom is -0.360 e. The van der Waals surface area contributed by atoms with Gasteiger partial charge in [0.15, 0.2) is 5.76 Å². The van der Waals surface area contributed by atoms with E-state index in [0.717, 1.165) is 61.8 Å². The van der Waals surface area contributed by atoms with Crippen molar-refractivity contribution >= 4 is 11.6 Å². The van der Waals surface area contributed by atoms with E-state index in [-0.39, 0.29) is 0 Å². The van der Waals surface area contributed by atoms with E-state index >= 15 is 0 Å². The summed E-state index contributed by atoms with van der Waals surface area (Å²) in [5.74, 6) is 2.71. The number of likely N-dealkylation sites (tertiary alicyclic amines) is 1. The molecular weight excluding hydrogens is 364 g/mol. The first-order chi connectivity index (χ1) is 13.1. The summed E-state index contributed by atoms with van der Waals surface area (Å²) >= 11 is 6.06. The highest BCUT2D eigenvalue weighted by Crippen LogP contribution is 2.64. The van der Waals surface area contributed by atoms with E-state index in [1.165, 1.54) is 0 Å². The molecule has 27 heavy (non-hydrogen) atoms. The molecule has 1 aliphatic heterocycles. The normalized spacial score (nSPS) is 21.6. The first-order valence-electron chi connectivity index (χ1n) is 9.35. The van der Waals surface area contributed by atoms with Crippen LogP contribution in [0.15, 0.2) is 39.4 Å². The molecule has 1 aliphatic carbocycles. The Morgan fingerprint density at radius 1 is 1.19 bits per heavy atom. The highest BCUT2D eigenvalue weighted by atomic mass is 35.5. The molecule has 0 radical (unpaired) electrons. The molecule has 1 spiro atoms. The van der Waals surface area contributed by atoms with Gasteiger partial charge in [0.25, 0.3) is 0 Å². The molecule has 2 aliphatic rings. The molecule has 1 aromatic carbocycles. The fraction of sp³-hybridized carbons (Fsp3) is 0.450. The van der Waals surface area contributed by atoms with Crippen molar-refractivity contribution in [2.24, 2.45) is 5.41 Å². The Hall–Kier alpha value is -2.18. The lowest BCUT2D eigenvalue weighted by Crippen LogP contribution is -2.34. The van der Waals surface area contributed by atoms with Gasteiger partial charge in [-0.15, -0.1) is 0 Å². The second-order valence-corrected chi connectivity index (χ2v) is 8.23. The van der Waals surface area contributed by atoms with Crippen LogP contribution >= 0.6 is 11.6 Å². The average Bonchev–Trinajstić information content (AvgIpc) is 2.99. The number of aryl methyl sites for hydroxylation is 1. The van der Waals surface area contributed by atoms with Crippen molar-refractivity contribution in [1.29, 1.82) is 0 Å². The molecule has 0 unspecified atom stereocenters. The summed E-state index contributed by atoms with van der Waals surface area (Å²) in [6.45, 7) is 4.91. The highest BCUT2D eigenvalue weighted by molar-refractivity contribution is 6.30. The van der Waals surface area contributed by atoms with Gasteiger partial charge in [0.2, 0.25) is 11.7 Å². The molecule has 3 heterocycles. The van der Waals surface area contributed by atoms with Crippen molar-refractivity contribution in [3.8, 4) is 11.4 Å². The number of hydrogen-bond acceptors (Lipinski definition) is 6. The smallest absolute Gasteiger partial charge is 0.230 e. The Labute approximate surface area is 162 Å². The van der Waals surface area contributed by atoms with E-state index in [1.807, 2.05) is 37.3 Å². The number of nitrogens with zero attached hydrogens (tertiary/aromatic N) is 4. The van der Waals surface area contributed by atoms with E-state index in [2.05, 4.69) is 20.2 Å². The fourth-order valence-electron chi connectivity index (χ4n) is 4.24. The summed E-state index contributed by atoms with van der Waals surface area (Å²) in [4.78, 5) is 7.09. The Morgan fingerprint density at radius 2 is 2.04 bits per heavy atom. The molecule has 0 amide bonds. The fourth-order valence-corrected chi connectivity index (χ4v) is 4.43. The van der Waals surface area contributed by atoms with Crippen LogP contribution in [0.2, 0.25) is 5.02 Å². The van der Waals surface area contributed by atoms with Crippen molar-refractivity contribution in [2.45, 2.75) is 38.6 Å². The maximum Gasteiger partial charge on any atom is 0.230 e. The van der Waals surface area contributed by atoms with Gasteiger partial charge in [-0.3, -0.25) is 4.90 Å². The van der Waals surface area contributed by atoms with Crippen molar-refractivity contribution in [2.75, 3.05) is 13.1 Å². The molecule has 1 saturated carbocycles. The third-order valence-electron chi connectivity index (χ3n) is 5.92. The Balaban J connectivity index is 1.22. The summed E-state index contributed by atoms with van der Waals surface area (Å²) in [6.07, 6.45) is 3.44. The number of aromatic nitrogens is 3. The maximum atomic E-state index is 6.06. The van der Waals surface area contributed by atoms with Crippen LogP contribution in [0, 0.1) is 12.3 Å². The van der Waals surface area contributed by atoms with Crippen molar-refractivity contribution in [3.05, 3.63) is 52.7 Å². The second kappa shape index (κ2) is 6.46. The molecule has 140 valence electrons. The van der Waals surface area contributed by atoms with E-state index < -0.39 is 0 Å². The molecule has 3 aromatic rings. The molecule has 1 atom stereocenters. The molecule has 1 saturated heterocycles. The monoisotopic (exact) mass is 384 g/mol. The van der Waals surface area contributed by atoms with Crippen LogP contribution in [-0.2, 0) is 6.54 Å². The summed E-state index contributed by atoms with van der Waals surface area (Å²) in [7, 11) is 0. The van der Waals surface area contributed by atoms with Gasteiger partial charge in [-0.2, -0.15) is 4.98 Å². The molecule has 0 N–H and O–H groups in total. The third kappa shape index (κ3) is 3.28. The predicted molar refractivity (Wildman–Crippen MR) is 100 cm³/mol. The van der Waals surface area contributed by atoms with Crippen molar-refractivity contribution in [1.82, 2.24) is 20.2 Å². The molecular formula is C20H21ClN4O2. The van der Waals surface area contributed by atoms with Gasteiger partial charge < -0.3 is 9.05 Å². The van der Waals surface area contributed by atoms with Crippen LogP contribution in [0.3, 0.4) is 0 Å². The topological polar surface area (TPSA) is 68.2 Å². The molecule has 2 fully saturated rings. The molecule has 0 bridgehead atoms. The second-order valence-electron chi connectivity index (χ2n) is 7.80. The lowest BCUT2D eigenvalue weighted by Gasteiger charge is -2.31. The SMILES string of the molecule is Cc1cc(CN2CCC3(CC2)C[C@@H]3c2nc(-c3cccc(Cl)c3)no2)on1. The number of rotatable bonds is 4. The van der Waals surface area contributed by atoms with Gasteiger partial charge in [0, 0.05) is 22.6 Å². The van der Waals surface area contributed by atoms with Crippen LogP contribution in [0.1, 0.15) is 42.5 Å². The summed E-state index contributed by atoms with van der Waals surface area (Å²) in [6, 6.07) is 9.57. The van der Waals surface area contributed by atoms with Crippen LogP contribution in [0.4, 0.5) is 0 Å². The predicted octanol–water partition coefficient (Wildman–Crippen LogP) is 4.46. The standard InChI is InChI=1S/C20H21ClN4O2/c1-13-9-16(26-23-13)12-25-7-5-20(6-8-25)11-17(20)19-22-18(24-27-19)14-3-2-4-15(21)10-14/h2-4,9-10,17H,5-8,11-12H2,1H3/t17-/m1/s1. The van der Waals surface area contributed by atoms with E-state index in [0.29, 0.717) is 22.2 Å². The minimum atomic E-state index is 0.325. The molecule has 6 nitrogen and oxygen atoms in total. The summed E-state index contributed by atoms with van der Waals surface area (Å²) < 4.78 is 10.9. The van der Waals surface area contributed by atoms with Crippen LogP contribution in [0.5, 0.6) is 0 Å². The lowest BCUT2D eigenvalue weighted by molar-refractivity contribution is 0.146. The zero-order valence-electron chi connectivity index (χ0n) is 15.2. The van der Waals surface area contributed by atoms with Gasteiger partial charge in [-0.25, -0.2) is 0 Å². The largest absolute Gasteiger partial charge is 0.360 e. The highest BCUT2D eigenvalue weighted by Gasteiger charge is 2.58. The first kappa shape index (κ1) is 17.0. The van der Waals surface area contributed by atoms with Crippen LogP contribution in [-0.4, -0.2) is 33.3 Å². The van der Waals surface area contributed by atoms with E-state index in [4.69, 9.17) is 20.6 Å². The number of piperidine rings is 1. The van der Waals surface area contributed by atoms with Gasteiger partial charge in [-0.1, -0.05) is 34.0 Å². The number of benzene rings is 1. The first-order valence-corrected chi connectivity index (χ1v) is 9.73. The third-order valence-corrected chi connectivity index (χ3v) is 6.16. The molecule has 5 rings (SSSR count).